The van der Waals surface area contributed by atoms with Gasteiger partial charge in [-0.3, -0.25) is 4.57 Å². The normalized spacial score (nSPS) is 16.5. The second-order valence-electron chi connectivity index (χ2n) is 3.31. The van der Waals surface area contributed by atoms with E-state index in [0.717, 1.165) is 0 Å². The van der Waals surface area contributed by atoms with Crippen LogP contribution in [0.5, 0.6) is 0 Å². The minimum absolute atomic E-state index is 0.169. The highest BCUT2D eigenvalue weighted by Crippen LogP contribution is 2.59. The van der Waals surface area contributed by atoms with E-state index in [0.29, 0.717) is 0 Å². The van der Waals surface area contributed by atoms with Gasteiger partial charge in [-0.05, 0) is 13.8 Å². The van der Waals surface area contributed by atoms with E-state index in [2.05, 4.69) is 9.99 Å². The van der Waals surface area contributed by atoms with Gasteiger partial charge in [0.05, 0.1) is 5.71 Å². The molecule has 17 heavy (non-hydrogen) atoms. The molecule has 0 fully saturated rings. The first-order valence-corrected chi connectivity index (χ1v) is 6.31. The second-order valence-corrected chi connectivity index (χ2v) is 5.89. The third kappa shape index (κ3) is 3.35. The molecule has 7 nitrogen and oxygen atoms in total. The Morgan fingerprint density at radius 1 is 1.18 bits per heavy atom. The standard InChI is InChI=1S/C9H18NO6P/c1-7(10-16-8(2)11)9(3,13-4)17(12,14-5)15-6/h1-6H3/b10-7+. The highest BCUT2D eigenvalue weighted by atomic mass is 31.2. The van der Waals surface area contributed by atoms with Crippen LogP contribution >= 0.6 is 7.60 Å². The predicted octanol–water partition coefficient (Wildman–Crippen LogP) is 1.77. The van der Waals surface area contributed by atoms with Gasteiger partial charge in [0.2, 0.25) is 5.34 Å². The van der Waals surface area contributed by atoms with Gasteiger partial charge in [0.25, 0.3) is 0 Å². The first-order chi connectivity index (χ1) is 7.77. The van der Waals surface area contributed by atoms with Crippen LogP contribution in [0.25, 0.3) is 0 Å². The number of oxime groups is 1. The Balaban J connectivity index is 5.34. The lowest BCUT2D eigenvalue weighted by atomic mass is 10.3. The number of carbonyl (C=O) groups is 1. The van der Waals surface area contributed by atoms with Gasteiger partial charge in [-0.25, -0.2) is 4.79 Å². The summed E-state index contributed by atoms with van der Waals surface area (Å²) in [6.07, 6.45) is 0. The first kappa shape index (κ1) is 16.2. The summed E-state index contributed by atoms with van der Waals surface area (Å²) < 4.78 is 27.2. The number of rotatable bonds is 6. The Morgan fingerprint density at radius 2 is 1.65 bits per heavy atom. The van der Waals surface area contributed by atoms with Crippen molar-refractivity contribution in [3.05, 3.63) is 0 Å². The molecule has 0 aromatic rings. The molecule has 0 N–H and O–H groups in total. The molecule has 0 heterocycles. The molecular formula is C9H18NO6P. The average Bonchev–Trinajstić information content (AvgIpc) is 2.33. The molecule has 0 bridgehead atoms. The highest BCUT2D eigenvalue weighted by molar-refractivity contribution is 7.56. The molecule has 1 atom stereocenters. The Labute approximate surface area is 101 Å². The van der Waals surface area contributed by atoms with Crippen LogP contribution in [0.15, 0.2) is 5.16 Å². The maximum Gasteiger partial charge on any atom is 0.367 e. The van der Waals surface area contributed by atoms with Crippen molar-refractivity contribution in [2.75, 3.05) is 21.3 Å². The van der Waals surface area contributed by atoms with Crippen molar-refractivity contribution < 1.29 is 28.0 Å². The van der Waals surface area contributed by atoms with E-state index < -0.39 is 18.9 Å². The number of hydrogen-bond acceptors (Lipinski definition) is 7. The third-order valence-electron chi connectivity index (χ3n) is 2.38. The number of nitrogens with zero attached hydrogens (tertiary/aromatic N) is 1. The summed E-state index contributed by atoms with van der Waals surface area (Å²) in [6.45, 7) is 4.17. The van der Waals surface area contributed by atoms with Gasteiger partial charge < -0.3 is 18.6 Å². The number of ether oxygens (including phenoxy) is 1. The van der Waals surface area contributed by atoms with Gasteiger partial charge in [-0.15, -0.1) is 0 Å². The van der Waals surface area contributed by atoms with Gasteiger partial charge in [0.15, 0.2) is 0 Å². The molecule has 0 saturated carbocycles. The molecule has 0 amide bonds. The maximum absolute atomic E-state index is 12.3. The lowest BCUT2D eigenvalue weighted by Crippen LogP contribution is -2.37. The summed E-state index contributed by atoms with van der Waals surface area (Å²) in [5, 5.41) is 2.11. The summed E-state index contributed by atoms with van der Waals surface area (Å²) in [7, 11) is 0.241. The Bertz CT molecular complexity index is 347. The van der Waals surface area contributed by atoms with Gasteiger partial charge in [-0.1, -0.05) is 5.16 Å². The number of hydrogen-bond donors (Lipinski definition) is 0. The zero-order valence-electron chi connectivity index (χ0n) is 10.8. The van der Waals surface area contributed by atoms with Crippen LogP contribution in [0.3, 0.4) is 0 Å². The molecule has 100 valence electrons. The Hall–Kier alpha value is -0.750. The fourth-order valence-corrected chi connectivity index (χ4v) is 2.60. The van der Waals surface area contributed by atoms with E-state index >= 15 is 0 Å². The van der Waals surface area contributed by atoms with Crippen molar-refractivity contribution in [2.45, 2.75) is 26.1 Å². The van der Waals surface area contributed by atoms with Crippen molar-refractivity contribution in [1.29, 1.82) is 0 Å². The van der Waals surface area contributed by atoms with E-state index in [4.69, 9.17) is 13.8 Å². The lowest BCUT2D eigenvalue weighted by Gasteiger charge is -2.32. The molecule has 0 aromatic carbocycles. The monoisotopic (exact) mass is 267 g/mol. The SMILES string of the molecule is COC(C)(/C(C)=N/OC(C)=O)P(=O)(OC)OC. The summed E-state index contributed by atoms with van der Waals surface area (Å²) in [4.78, 5) is 15.1. The van der Waals surface area contributed by atoms with Crippen LogP contribution in [-0.4, -0.2) is 38.4 Å². The van der Waals surface area contributed by atoms with Crippen molar-refractivity contribution in [3.63, 3.8) is 0 Å². The van der Waals surface area contributed by atoms with Gasteiger partial charge in [-0.2, -0.15) is 0 Å². The molecule has 0 aliphatic rings. The fourth-order valence-electron chi connectivity index (χ4n) is 1.10. The van der Waals surface area contributed by atoms with Crippen LogP contribution in [-0.2, 0) is 28.0 Å². The smallest absolute Gasteiger partial charge is 0.360 e. The van der Waals surface area contributed by atoms with Crippen molar-refractivity contribution in [2.24, 2.45) is 5.16 Å². The minimum atomic E-state index is -3.56. The van der Waals surface area contributed by atoms with Crippen molar-refractivity contribution in [3.8, 4) is 0 Å². The number of methoxy groups -OCH3 is 1. The summed E-state index contributed by atoms with van der Waals surface area (Å²) in [6, 6.07) is 0. The van der Waals surface area contributed by atoms with Crippen LogP contribution in [0, 0.1) is 0 Å². The predicted molar refractivity (Wildman–Crippen MR) is 61.9 cm³/mol. The Kier molecular flexibility index (Phi) is 5.98. The molecule has 0 radical (unpaired) electrons. The molecule has 0 aliphatic heterocycles. The third-order valence-corrected chi connectivity index (χ3v) is 4.90. The second kappa shape index (κ2) is 6.26. The minimum Gasteiger partial charge on any atom is -0.360 e. The molecule has 0 spiro atoms. The zero-order valence-corrected chi connectivity index (χ0v) is 11.7. The van der Waals surface area contributed by atoms with E-state index in [1.807, 2.05) is 0 Å². The van der Waals surface area contributed by atoms with Crippen LogP contribution in [0.4, 0.5) is 0 Å². The van der Waals surface area contributed by atoms with E-state index in [1.54, 1.807) is 0 Å². The molecule has 0 aliphatic carbocycles. The summed E-state index contributed by atoms with van der Waals surface area (Å²) in [5.41, 5.74) is 0.169. The molecule has 0 aromatic heterocycles. The van der Waals surface area contributed by atoms with Gasteiger partial charge in [0, 0.05) is 28.3 Å². The molecular weight excluding hydrogens is 249 g/mol. The van der Waals surface area contributed by atoms with Crippen molar-refractivity contribution >= 4 is 19.3 Å². The molecule has 0 rings (SSSR count). The first-order valence-electron chi connectivity index (χ1n) is 4.76. The molecule has 1 unspecified atom stereocenters. The van der Waals surface area contributed by atoms with Crippen LogP contribution in [0.1, 0.15) is 20.8 Å². The fraction of sp³-hybridized carbons (Fsp3) is 0.778. The van der Waals surface area contributed by atoms with Crippen LogP contribution < -0.4 is 0 Å². The lowest BCUT2D eigenvalue weighted by molar-refractivity contribution is -0.141. The largest absolute Gasteiger partial charge is 0.367 e. The summed E-state index contributed by atoms with van der Waals surface area (Å²) in [5.74, 6) is -0.590. The molecule has 8 heteroatoms. The highest BCUT2D eigenvalue weighted by Gasteiger charge is 2.50. The Morgan fingerprint density at radius 3 is 1.94 bits per heavy atom. The number of carbonyl (C=O) groups excluding carboxylic acids is 1. The van der Waals surface area contributed by atoms with E-state index in [1.165, 1.54) is 42.1 Å². The van der Waals surface area contributed by atoms with E-state index in [-0.39, 0.29) is 5.71 Å². The van der Waals surface area contributed by atoms with E-state index in [9.17, 15) is 9.36 Å². The van der Waals surface area contributed by atoms with Crippen molar-refractivity contribution in [1.82, 2.24) is 0 Å². The van der Waals surface area contributed by atoms with Crippen LogP contribution in [0.2, 0.25) is 0 Å². The topological polar surface area (TPSA) is 83.4 Å². The average molecular weight is 267 g/mol. The molecule has 0 saturated heterocycles. The maximum atomic E-state index is 12.3. The quantitative estimate of drug-likeness (QED) is 0.315. The zero-order chi connectivity index (χ0) is 13.7. The summed E-state index contributed by atoms with van der Waals surface area (Å²) >= 11 is 0. The van der Waals surface area contributed by atoms with Gasteiger partial charge >= 0.3 is 13.6 Å². The van der Waals surface area contributed by atoms with Gasteiger partial charge in [0.1, 0.15) is 0 Å².